The number of nitro groups is 2. The van der Waals surface area contributed by atoms with Gasteiger partial charge in [-0.2, -0.15) is 0 Å². The summed E-state index contributed by atoms with van der Waals surface area (Å²) in [7, 11) is 0. The van der Waals surface area contributed by atoms with Gasteiger partial charge in [-0.15, -0.1) is 0 Å². The largest absolute Gasteiger partial charge is 0.276 e. The molecule has 0 aliphatic rings. The zero-order chi connectivity index (χ0) is 10.7. The van der Waals surface area contributed by atoms with Crippen molar-refractivity contribution in [3.05, 3.63) is 50.6 Å². The van der Waals surface area contributed by atoms with Gasteiger partial charge < -0.3 is 0 Å². The Morgan fingerprint density at radius 3 is 1.79 bits per heavy atom. The highest BCUT2D eigenvalue weighted by Crippen LogP contribution is 2.22. The van der Waals surface area contributed by atoms with Crippen molar-refractivity contribution in [1.29, 1.82) is 0 Å². The van der Waals surface area contributed by atoms with Crippen molar-refractivity contribution in [1.82, 2.24) is 0 Å². The van der Waals surface area contributed by atoms with Crippen molar-refractivity contribution >= 4 is 17.5 Å². The van der Waals surface area contributed by atoms with Crippen molar-refractivity contribution < 1.29 is 9.85 Å². The summed E-state index contributed by atoms with van der Waals surface area (Å²) >= 11 is 0. The highest BCUT2D eigenvalue weighted by atomic mass is 16.6. The Morgan fingerprint density at radius 1 is 1.07 bits per heavy atom. The van der Waals surface area contributed by atoms with Crippen LogP contribution in [0.3, 0.4) is 0 Å². The van der Waals surface area contributed by atoms with Crippen molar-refractivity contribution in [2.24, 2.45) is 0 Å². The van der Waals surface area contributed by atoms with Crippen LogP contribution < -0.4 is 0 Å². The Balaban J connectivity index is 3.34. The molecule has 1 aromatic carbocycles. The second-order valence-electron chi connectivity index (χ2n) is 2.50. The third-order valence-electron chi connectivity index (χ3n) is 1.58. The molecule has 6 nitrogen and oxygen atoms in total. The quantitative estimate of drug-likeness (QED) is 0.544. The number of benzene rings is 1. The van der Waals surface area contributed by atoms with Gasteiger partial charge in [0.15, 0.2) is 0 Å². The third-order valence-corrected chi connectivity index (χ3v) is 1.58. The first-order valence-corrected chi connectivity index (χ1v) is 3.61. The first-order valence-electron chi connectivity index (χ1n) is 3.61. The van der Waals surface area contributed by atoms with E-state index >= 15 is 0 Å². The van der Waals surface area contributed by atoms with Crippen molar-refractivity contribution in [2.75, 3.05) is 0 Å². The number of nitrogens with zero attached hydrogens (tertiary/aromatic N) is 2. The second-order valence-corrected chi connectivity index (χ2v) is 2.50. The van der Waals surface area contributed by atoms with Crippen molar-refractivity contribution in [3.8, 4) is 0 Å². The maximum absolute atomic E-state index is 10.4. The smallest absolute Gasteiger partial charge is 0.258 e. The van der Waals surface area contributed by atoms with E-state index < -0.39 is 9.85 Å². The molecule has 0 amide bonds. The van der Waals surface area contributed by atoms with Gasteiger partial charge in [-0.3, -0.25) is 20.2 Å². The number of hydrogen-bond acceptors (Lipinski definition) is 4. The molecular weight excluding hydrogens is 188 g/mol. The maximum Gasteiger partial charge on any atom is 0.276 e. The van der Waals surface area contributed by atoms with E-state index in [2.05, 4.69) is 6.58 Å². The van der Waals surface area contributed by atoms with Crippen molar-refractivity contribution in [3.63, 3.8) is 0 Å². The molecule has 0 spiro atoms. The predicted molar refractivity (Wildman–Crippen MR) is 49.8 cm³/mol. The Morgan fingerprint density at radius 2 is 1.50 bits per heavy atom. The number of nitro benzene ring substituents is 2. The minimum absolute atomic E-state index is 0.311. The molecule has 1 rings (SSSR count). The van der Waals surface area contributed by atoms with Gasteiger partial charge in [0.25, 0.3) is 11.4 Å². The van der Waals surface area contributed by atoms with Crippen LogP contribution in [0.1, 0.15) is 5.56 Å². The summed E-state index contributed by atoms with van der Waals surface area (Å²) in [6.07, 6.45) is 1.32. The average Bonchev–Trinajstić information content (AvgIpc) is 2.16. The van der Waals surface area contributed by atoms with Crippen LogP contribution in [0.15, 0.2) is 24.8 Å². The Labute approximate surface area is 78.8 Å². The summed E-state index contributed by atoms with van der Waals surface area (Å²) in [5.74, 6) is 0. The molecule has 0 N–H and O–H groups in total. The third kappa shape index (κ3) is 1.92. The van der Waals surface area contributed by atoms with Crippen LogP contribution in [0.2, 0.25) is 0 Å². The summed E-state index contributed by atoms with van der Waals surface area (Å²) < 4.78 is 0. The fourth-order valence-corrected chi connectivity index (χ4v) is 0.947. The Bertz CT molecular complexity index is 382. The molecular formula is C8H6N2O4. The van der Waals surface area contributed by atoms with Crippen molar-refractivity contribution in [2.45, 2.75) is 0 Å². The SMILES string of the molecule is C=Cc1cc([N+](=O)[O-])cc([N+](=O)[O-])c1. The summed E-state index contributed by atoms with van der Waals surface area (Å²) in [5, 5.41) is 20.8. The molecule has 1 aromatic rings. The van der Waals surface area contributed by atoms with Crippen LogP contribution in [-0.2, 0) is 0 Å². The standard InChI is InChI=1S/C8H6N2O4/c1-2-6-3-7(9(11)12)5-8(4-6)10(13)14/h2-5H,1H2. The molecule has 0 radical (unpaired) electrons. The van der Waals surface area contributed by atoms with E-state index in [1.807, 2.05) is 0 Å². The molecule has 0 atom stereocenters. The van der Waals surface area contributed by atoms with Gasteiger partial charge in [0.05, 0.1) is 15.9 Å². The van der Waals surface area contributed by atoms with E-state index in [1.165, 1.54) is 18.2 Å². The summed E-state index contributed by atoms with van der Waals surface area (Å²) in [5.41, 5.74) is -0.269. The number of rotatable bonds is 3. The fraction of sp³-hybridized carbons (Fsp3) is 0. The van der Waals surface area contributed by atoms with Crippen LogP contribution in [0.5, 0.6) is 0 Å². The fourth-order valence-electron chi connectivity index (χ4n) is 0.947. The average molecular weight is 194 g/mol. The van der Waals surface area contributed by atoms with Gasteiger partial charge in [0.1, 0.15) is 0 Å². The van der Waals surface area contributed by atoms with Gasteiger partial charge in [-0.05, 0) is 5.56 Å². The zero-order valence-electron chi connectivity index (χ0n) is 7.04. The van der Waals surface area contributed by atoms with E-state index in [-0.39, 0.29) is 11.4 Å². The summed E-state index contributed by atoms with van der Waals surface area (Å²) in [4.78, 5) is 19.4. The minimum Gasteiger partial charge on any atom is -0.258 e. The lowest BCUT2D eigenvalue weighted by Crippen LogP contribution is -1.93. The topological polar surface area (TPSA) is 86.3 Å². The Hall–Kier alpha value is -2.24. The lowest BCUT2D eigenvalue weighted by atomic mass is 10.2. The van der Waals surface area contributed by atoms with E-state index in [0.29, 0.717) is 5.56 Å². The lowest BCUT2D eigenvalue weighted by molar-refractivity contribution is -0.394. The number of non-ortho nitro benzene ring substituents is 2. The van der Waals surface area contributed by atoms with Crippen LogP contribution >= 0.6 is 0 Å². The van der Waals surface area contributed by atoms with Gasteiger partial charge >= 0.3 is 0 Å². The molecule has 0 aromatic heterocycles. The molecule has 0 aliphatic carbocycles. The van der Waals surface area contributed by atoms with E-state index in [0.717, 1.165) is 6.07 Å². The molecule has 0 unspecified atom stereocenters. The normalized spacial score (nSPS) is 9.43. The van der Waals surface area contributed by atoms with Gasteiger partial charge in [-0.1, -0.05) is 12.7 Å². The molecule has 6 heteroatoms. The van der Waals surface area contributed by atoms with Crippen LogP contribution in [0, 0.1) is 20.2 Å². The molecule has 0 fully saturated rings. The molecule has 0 heterocycles. The van der Waals surface area contributed by atoms with E-state index in [9.17, 15) is 20.2 Å². The number of hydrogen-bond donors (Lipinski definition) is 0. The predicted octanol–water partition coefficient (Wildman–Crippen LogP) is 2.15. The zero-order valence-corrected chi connectivity index (χ0v) is 7.04. The molecule has 0 saturated heterocycles. The Kier molecular flexibility index (Phi) is 2.57. The highest BCUT2D eigenvalue weighted by molar-refractivity contribution is 5.57. The molecule has 14 heavy (non-hydrogen) atoms. The first kappa shape index (κ1) is 9.85. The first-order chi connectivity index (χ1) is 6.54. The van der Waals surface area contributed by atoms with Gasteiger partial charge in [-0.25, -0.2) is 0 Å². The van der Waals surface area contributed by atoms with Crippen LogP contribution in [0.4, 0.5) is 11.4 Å². The van der Waals surface area contributed by atoms with Crippen LogP contribution in [0.25, 0.3) is 6.08 Å². The highest BCUT2D eigenvalue weighted by Gasteiger charge is 2.14. The molecule has 0 aliphatic heterocycles. The second kappa shape index (κ2) is 3.65. The minimum atomic E-state index is -0.681. The lowest BCUT2D eigenvalue weighted by Gasteiger charge is -1.95. The molecule has 0 bridgehead atoms. The van der Waals surface area contributed by atoms with Crippen LogP contribution in [-0.4, -0.2) is 9.85 Å². The molecule has 72 valence electrons. The maximum atomic E-state index is 10.4. The summed E-state index contributed by atoms with van der Waals surface area (Å²) in [6.45, 7) is 3.39. The van der Waals surface area contributed by atoms with E-state index in [1.54, 1.807) is 0 Å². The van der Waals surface area contributed by atoms with Gasteiger partial charge in [0.2, 0.25) is 0 Å². The van der Waals surface area contributed by atoms with E-state index in [4.69, 9.17) is 0 Å². The monoisotopic (exact) mass is 194 g/mol. The summed E-state index contributed by atoms with van der Waals surface area (Å²) in [6, 6.07) is 3.35. The molecule has 0 saturated carbocycles. The van der Waals surface area contributed by atoms with Gasteiger partial charge in [0, 0.05) is 12.1 Å².